The van der Waals surface area contributed by atoms with Gasteiger partial charge in [0.15, 0.2) is 0 Å². The van der Waals surface area contributed by atoms with E-state index in [1.807, 2.05) is 0 Å². The first-order valence-electron chi connectivity index (χ1n) is 6.87. The van der Waals surface area contributed by atoms with Crippen LogP contribution in [0.4, 0.5) is 0 Å². The summed E-state index contributed by atoms with van der Waals surface area (Å²) in [5, 5.41) is 9.57. The molecular formula is C16H24O. The lowest BCUT2D eigenvalue weighted by Crippen LogP contribution is -2.18. The molecule has 1 aromatic carbocycles. The third kappa shape index (κ3) is 3.10. The van der Waals surface area contributed by atoms with Crippen LogP contribution in [0.15, 0.2) is 18.2 Å². The highest BCUT2D eigenvalue weighted by atomic mass is 16.3. The number of rotatable bonds is 4. The predicted molar refractivity (Wildman–Crippen MR) is 72.2 cm³/mol. The largest absolute Gasteiger partial charge is 0.396 e. The van der Waals surface area contributed by atoms with Crippen LogP contribution < -0.4 is 0 Å². The van der Waals surface area contributed by atoms with Gasteiger partial charge in [-0.1, -0.05) is 43.9 Å². The zero-order valence-corrected chi connectivity index (χ0v) is 11.1. The Morgan fingerprint density at radius 1 is 1.18 bits per heavy atom. The summed E-state index contributed by atoms with van der Waals surface area (Å²) in [6, 6.07) is 6.71. The summed E-state index contributed by atoms with van der Waals surface area (Å²) < 4.78 is 0. The molecule has 1 atom stereocenters. The number of aliphatic hydroxyl groups is 1. The van der Waals surface area contributed by atoms with Crippen LogP contribution in [0.25, 0.3) is 0 Å². The highest BCUT2D eigenvalue weighted by Gasteiger charge is 2.24. The van der Waals surface area contributed by atoms with E-state index >= 15 is 0 Å². The first-order chi connectivity index (χ1) is 8.20. The van der Waals surface area contributed by atoms with Crippen molar-refractivity contribution in [3.05, 3.63) is 34.9 Å². The van der Waals surface area contributed by atoms with Gasteiger partial charge >= 0.3 is 0 Å². The van der Waals surface area contributed by atoms with Gasteiger partial charge in [0.1, 0.15) is 0 Å². The summed E-state index contributed by atoms with van der Waals surface area (Å²) in [5.41, 5.74) is 4.11. The van der Waals surface area contributed by atoms with Crippen molar-refractivity contribution in [3.63, 3.8) is 0 Å². The van der Waals surface area contributed by atoms with Gasteiger partial charge in [0.25, 0.3) is 0 Å². The van der Waals surface area contributed by atoms with Crippen molar-refractivity contribution in [2.45, 2.75) is 46.0 Å². The highest BCUT2D eigenvalue weighted by Crippen LogP contribution is 2.33. The van der Waals surface area contributed by atoms with E-state index in [0.29, 0.717) is 12.5 Å². The van der Waals surface area contributed by atoms with E-state index in [1.54, 1.807) is 0 Å². The Bertz CT molecular complexity index is 364. The molecule has 17 heavy (non-hydrogen) atoms. The molecule has 0 saturated heterocycles. The molecule has 0 amide bonds. The first-order valence-corrected chi connectivity index (χ1v) is 6.87. The Hall–Kier alpha value is -0.820. The topological polar surface area (TPSA) is 20.2 Å². The molecule has 1 heteroatoms. The van der Waals surface area contributed by atoms with Crippen molar-refractivity contribution in [1.82, 2.24) is 0 Å². The maximum atomic E-state index is 9.57. The van der Waals surface area contributed by atoms with Crippen LogP contribution in [0.1, 0.15) is 42.4 Å². The third-order valence-corrected chi connectivity index (χ3v) is 4.37. The quantitative estimate of drug-likeness (QED) is 0.840. The second-order valence-corrected chi connectivity index (χ2v) is 5.61. The number of aryl methyl sites for hydroxylation is 2. The van der Waals surface area contributed by atoms with E-state index in [9.17, 15) is 5.11 Å². The zero-order chi connectivity index (χ0) is 12.3. The Balaban J connectivity index is 2.04. The fourth-order valence-corrected chi connectivity index (χ4v) is 3.04. The highest BCUT2D eigenvalue weighted by molar-refractivity contribution is 5.30. The van der Waals surface area contributed by atoms with Crippen LogP contribution >= 0.6 is 0 Å². The third-order valence-electron chi connectivity index (χ3n) is 4.37. The smallest absolute Gasteiger partial charge is 0.0465 e. The van der Waals surface area contributed by atoms with Gasteiger partial charge in [0, 0.05) is 6.61 Å². The lowest BCUT2D eigenvalue weighted by Gasteiger charge is -2.21. The van der Waals surface area contributed by atoms with Gasteiger partial charge in [-0.05, 0) is 48.8 Å². The SMILES string of the molecule is Cc1ccc(CC(CO)C2CCCC2)cc1C. The molecule has 1 nitrogen and oxygen atoms in total. The molecule has 1 fully saturated rings. The van der Waals surface area contributed by atoms with E-state index in [-0.39, 0.29) is 0 Å². The maximum absolute atomic E-state index is 9.57. The monoisotopic (exact) mass is 232 g/mol. The van der Waals surface area contributed by atoms with E-state index < -0.39 is 0 Å². The maximum Gasteiger partial charge on any atom is 0.0465 e. The summed E-state index contributed by atoms with van der Waals surface area (Å²) in [7, 11) is 0. The molecule has 0 bridgehead atoms. The molecular weight excluding hydrogens is 208 g/mol. The summed E-state index contributed by atoms with van der Waals surface area (Å²) >= 11 is 0. The average molecular weight is 232 g/mol. The summed E-state index contributed by atoms with van der Waals surface area (Å²) in [4.78, 5) is 0. The molecule has 0 aliphatic heterocycles. The van der Waals surface area contributed by atoms with Crippen LogP contribution in [-0.4, -0.2) is 11.7 Å². The van der Waals surface area contributed by atoms with Crippen molar-refractivity contribution in [3.8, 4) is 0 Å². The molecule has 0 aromatic heterocycles. The fourth-order valence-electron chi connectivity index (χ4n) is 3.04. The number of aliphatic hydroxyl groups excluding tert-OH is 1. The van der Waals surface area contributed by atoms with Crippen molar-refractivity contribution in [1.29, 1.82) is 0 Å². The first kappa shape index (κ1) is 12.6. The minimum absolute atomic E-state index is 0.345. The minimum Gasteiger partial charge on any atom is -0.396 e. The molecule has 1 aliphatic carbocycles. The molecule has 1 unspecified atom stereocenters. The number of benzene rings is 1. The Kier molecular flexibility index (Phi) is 4.22. The van der Waals surface area contributed by atoms with Gasteiger partial charge in [-0.15, -0.1) is 0 Å². The second-order valence-electron chi connectivity index (χ2n) is 5.61. The molecule has 1 aliphatic rings. The minimum atomic E-state index is 0.345. The Labute approximate surface area is 105 Å². The van der Waals surface area contributed by atoms with Crippen LogP contribution in [0.5, 0.6) is 0 Å². The van der Waals surface area contributed by atoms with E-state index in [0.717, 1.165) is 12.3 Å². The molecule has 94 valence electrons. The van der Waals surface area contributed by atoms with Gasteiger partial charge in [-0.2, -0.15) is 0 Å². The Morgan fingerprint density at radius 3 is 2.47 bits per heavy atom. The van der Waals surface area contributed by atoms with Crippen molar-refractivity contribution in [2.24, 2.45) is 11.8 Å². The average Bonchev–Trinajstić information content (AvgIpc) is 2.84. The van der Waals surface area contributed by atoms with Gasteiger partial charge < -0.3 is 5.11 Å². The second kappa shape index (κ2) is 5.68. The summed E-state index contributed by atoms with van der Waals surface area (Å²) in [6.45, 7) is 4.67. The van der Waals surface area contributed by atoms with E-state index in [1.165, 1.54) is 42.4 Å². The van der Waals surface area contributed by atoms with Crippen molar-refractivity contribution >= 4 is 0 Å². The summed E-state index contributed by atoms with van der Waals surface area (Å²) in [6.07, 6.45) is 6.39. The summed E-state index contributed by atoms with van der Waals surface area (Å²) in [5.74, 6) is 1.22. The zero-order valence-electron chi connectivity index (χ0n) is 11.1. The lowest BCUT2D eigenvalue weighted by molar-refractivity contribution is 0.175. The molecule has 1 saturated carbocycles. The van der Waals surface area contributed by atoms with Crippen molar-refractivity contribution in [2.75, 3.05) is 6.61 Å². The van der Waals surface area contributed by atoms with Crippen LogP contribution in [0.2, 0.25) is 0 Å². The molecule has 0 radical (unpaired) electrons. The van der Waals surface area contributed by atoms with Gasteiger partial charge in [-0.25, -0.2) is 0 Å². The van der Waals surface area contributed by atoms with Crippen molar-refractivity contribution < 1.29 is 5.11 Å². The standard InChI is InChI=1S/C16H24O/c1-12-7-8-14(9-13(12)2)10-16(11-17)15-5-3-4-6-15/h7-9,15-17H,3-6,10-11H2,1-2H3. The van der Waals surface area contributed by atoms with Crippen LogP contribution in [0.3, 0.4) is 0 Å². The van der Waals surface area contributed by atoms with E-state index in [4.69, 9.17) is 0 Å². The Morgan fingerprint density at radius 2 is 1.88 bits per heavy atom. The number of hydrogen-bond donors (Lipinski definition) is 1. The van der Waals surface area contributed by atoms with Gasteiger partial charge in [0.2, 0.25) is 0 Å². The van der Waals surface area contributed by atoms with Crippen LogP contribution in [-0.2, 0) is 6.42 Å². The van der Waals surface area contributed by atoms with Gasteiger partial charge in [0.05, 0.1) is 0 Å². The molecule has 0 spiro atoms. The molecule has 0 heterocycles. The molecule has 1 N–H and O–H groups in total. The normalized spacial score (nSPS) is 18.5. The lowest BCUT2D eigenvalue weighted by atomic mass is 9.86. The molecule has 2 rings (SSSR count). The van der Waals surface area contributed by atoms with Gasteiger partial charge in [-0.3, -0.25) is 0 Å². The molecule has 1 aromatic rings. The fraction of sp³-hybridized carbons (Fsp3) is 0.625. The van der Waals surface area contributed by atoms with Crippen LogP contribution in [0, 0.1) is 25.7 Å². The van der Waals surface area contributed by atoms with E-state index in [2.05, 4.69) is 32.0 Å². The predicted octanol–water partition coefficient (Wildman–Crippen LogP) is 3.64. The number of hydrogen-bond acceptors (Lipinski definition) is 1.